The molecule has 0 aromatic carbocycles. The van der Waals surface area contributed by atoms with Gasteiger partial charge in [-0.2, -0.15) is 0 Å². The smallest absolute Gasteiger partial charge is 0.124 e. The monoisotopic (exact) mass is 169 g/mol. The summed E-state index contributed by atoms with van der Waals surface area (Å²) in [6.45, 7) is 1.80. The maximum atomic E-state index is 7.08. The van der Waals surface area contributed by atoms with E-state index in [4.69, 9.17) is 22.7 Å². The summed E-state index contributed by atoms with van der Waals surface area (Å²) in [4.78, 5) is 3.95. The molecule has 1 aromatic rings. The lowest BCUT2D eigenvalue weighted by molar-refractivity contribution is 1.19. The van der Waals surface area contributed by atoms with Gasteiger partial charge in [0.25, 0.3) is 0 Å². The second-order valence-electron chi connectivity index (χ2n) is 2.20. The van der Waals surface area contributed by atoms with Crippen LogP contribution in [0.15, 0.2) is 12.3 Å². The van der Waals surface area contributed by atoms with Gasteiger partial charge < -0.3 is 5.73 Å². The number of amidine groups is 1. The number of nitrogens with zero attached hydrogens (tertiary/aromatic N) is 1. The van der Waals surface area contributed by atoms with E-state index in [2.05, 4.69) is 4.98 Å². The molecular formula is C7H8ClN3. The van der Waals surface area contributed by atoms with Gasteiger partial charge in [0.15, 0.2) is 0 Å². The summed E-state index contributed by atoms with van der Waals surface area (Å²) < 4.78 is 0. The van der Waals surface area contributed by atoms with Crippen molar-refractivity contribution in [3.63, 3.8) is 0 Å². The van der Waals surface area contributed by atoms with Crippen LogP contribution in [0, 0.1) is 12.3 Å². The van der Waals surface area contributed by atoms with E-state index in [1.807, 2.05) is 0 Å². The third-order valence-electron chi connectivity index (χ3n) is 1.34. The number of nitrogen functional groups attached to an aromatic ring is 1. The van der Waals surface area contributed by atoms with Crippen LogP contribution in [0.4, 0.5) is 0 Å². The first kappa shape index (κ1) is 8.01. The molecule has 1 aromatic heterocycles. The van der Waals surface area contributed by atoms with E-state index in [-0.39, 0.29) is 5.84 Å². The Morgan fingerprint density at radius 1 is 1.73 bits per heavy atom. The molecule has 4 heteroatoms. The zero-order valence-electron chi connectivity index (χ0n) is 6.06. The van der Waals surface area contributed by atoms with E-state index in [0.717, 1.165) is 5.69 Å². The largest absolute Gasteiger partial charge is 0.384 e. The molecule has 0 atom stereocenters. The number of hydrogen-bond acceptors (Lipinski definition) is 2. The van der Waals surface area contributed by atoms with Crippen molar-refractivity contribution >= 4 is 17.4 Å². The fourth-order valence-corrected chi connectivity index (χ4v) is 0.820. The molecule has 0 aliphatic carbocycles. The molecule has 58 valence electrons. The Bertz CT molecular complexity index is 296. The molecule has 1 rings (SSSR count). The van der Waals surface area contributed by atoms with Crippen molar-refractivity contribution in [1.29, 1.82) is 5.41 Å². The highest BCUT2D eigenvalue weighted by molar-refractivity contribution is 6.31. The number of aryl methyl sites for hydroxylation is 1. The highest BCUT2D eigenvalue weighted by Crippen LogP contribution is 2.13. The molecule has 0 saturated carbocycles. The van der Waals surface area contributed by atoms with Crippen LogP contribution in [-0.4, -0.2) is 10.8 Å². The third kappa shape index (κ3) is 1.68. The van der Waals surface area contributed by atoms with E-state index in [1.165, 1.54) is 6.20 Å². The number of halogens is 1. The Hall–Kier alpha value is -1.09. The molecule has 0 aliphatic rings. The molecule has 1 heterocycles. The first-order valence-electron chi connectivity index (χ1n) is 3.08. The van der Waals surface area contributed by atoms with Gasteiger partial charge in [0.2, 0.25) is 0 Å². The number of nitrogens with one attached hydrogen (secondary N) is 1. The Labute approximate surface area is 69.7 Å². The normalized spacial score (nSPS) is 9.64. The summed E-state index contributed by atoms with van der Waals surface area (Å²) in [6.07, 6.45) is 1.53. The Kier molecular flexibility index (Phi) is 2.10. The van der Waals surface area contributed by atoms with E-state index in [9.17, 15) is 0 Å². The molecule has 0 spiro atoms. The summed E-state index contributed by atoms with van der Waals surface area (Å²) >= 11 is 5.74. The molecule has 0 saturated heterocycles. The van der Waals surface area contributed by atoms with E-state index < -0.39 is 0 Å². The molecule has 0 aliphatic heterocycles. The zero-order valence-corrected chi connectivity index (χ0v) is 6.81. The van der Waals surface area contributed by atoms with Crippen LogP contribution >= 0.6 is 11.6 Å². The maximum absolute atomic E-state index is 7.08. The average Bonchev–Trinajstić information content (AvgIpc) is 1.94. The topological polar surface area (TPSA) is 62.8 Å². The van der Waals surface area contributed by atoms with Crippen molar-refractivity contribution in [2.75, 3.05) is 0 Å². The predicted molar refractivity (Wildman–Crippen MR) is 45.0 cm³/mol. The van der Waals surface area contributed by atoms with Crippen LogP contribution in [0.3, 0.4) is 0 Å². The minimum absolute atomic E-state index is 0.0144. The number of rotatable bonds is 1. The minimum Gasteiger partial charge on any atom is -0.384 e. The molecule has 0 fully saturated rings. The van der Waals surface area contributed by atoms with Gasteiger partial charge in [-0.15, -0.1) is 0 Å². The SMILES string of the molecule is Cc1ncc(C(=N)N)cc1Cl. The van der Waals surface area contributed by atoms with E-state index in [0.29, 0.717) is 10.6 Å². The second kappa shape index (κ2) is 2.88. The van der Waals surface area contributed by atoms with Crippen molar-refractivity contribution in [1.82, 2.24) is 4.98 Å². The number of aromatic nitrogens is 1. The van der Waals surface area contributed by atoms with Crippen LogP contribution in [0.5, 0.6) is 0 Å². The summed E-state index contributed by atoms with van der Waals surface area (Å²) in [5, 5.41) is 7.62. The molecule has 0 unspecified atom stereocenters. The van der Waals surface area contributed by atoms with Crippen molar-refractivity contribution < 1.29 is 0 Å². The maximum Gasteiger partial charge on any atom is 0.124 e. The first-order chi connectivity index (χ1) is 5.11. The van der Waals surface area contributed by atoms with Crippen LogP contribution in [0.2, 0.25) is 5.02 Å². The molecule has 0 amide bonds. The summed E-state index contributed by atoms with van der Waals surface area (Å²) in [7, 11) is 0. The van der Waals surface area contributed by atoms with E-state index in [1.54, 1.807) is 13.0 Å². The van der Waals surface area contributed by atoms with Crippen LogP contribution in [-0.2, 0) is 0 Å². The lowest BCUT2D eigenvalue weighted by Crippen LogP contribution is -2.11. The molecule has 3 nitrogen and oxygen atoms in total. The van der Waals surface area contributed by atoms with Gasteiger partial charge in [-0.1, -0.05) is 11.6 Å². The van der Waals surface area contributed by atoms with Gasteiger partial charge in [-0.05, 0) is 13.0 Å². The lowest BCUT2D eigenvalue weighted by atomic mass is 10.2. The van der Waals surface area contributed by atoms with Crippen LogP contribution in [0.1, 0.15) is 11.3 Å². The van der Waals surface area contributed by atoms with Crippen molar-refractivity contribution in [3.05, 3.63) is 28.5 Å². The van der Waals surface area contributed by atoms with Gasteiger partial charge in [0.05, 0.1) is 10.7 Å². The summed E-state index contributed by atoms with van der Waals surface area (Å²) in [5.41, 5.74) is 6.52. The molecule has 0 bridgehead atoms. The summed E-state index contributed by atoms with van der Waals surface area (Å²) in [6, 6.07) is 1.63. The Morgan fingerprint density at radius 3 is 2.82 bits per heavy atom. The fourth-order valence-electron chi connectivity index (χ4n) is 0.654. The predicted octanol–water partition coefficient (Wildman–Crippen LogP) is 1.33. The highest BCUT2D eigenvalue weighted by Gasteiger charge is 2.00. The van der Waals surface area contributed by atoms with Crippen LogP contribution in [0.25, 0.3) is 0 Å². The lowest BCUT2D eigenvalue weighted by Gasteiger charge is -1.99. The number of hydrogen-bond donors (Lipinski definition) is 2. The van der Waals surface area contributed by atoms with Crippen molar-refractivity contribution in [2.24, 2.45) is 5.73 Å². The second-order valence-corrected chi connectivity index (χ2v) is 2.61. The zero-order chi connectivity index (χ0) is 8.43. The van der Waals surface area contributed by atoms with E-state index >= 15 is 0 Å². The Balaban J connectivity index is 3.15. The number of pyridine rings is 1. The molecule has 0 radical (unpaired) electrons. The molecular weight excluding hydrogens is 162 g/mol. The highest BCUT2D eigenvalue weighted by atomic mass is 35.5. The average molecular weight is 170 g/mol. The minimum atomic E-state index is -0.0144. The fraction of sp³-hybridized carbons (Fsp3) is 0.143. The van der Waals surface area contributed by atoms with Gasteiger partial charge in [0.1, 0.15) is 5.84 Å². The van der Waals surface area contributed by atoms with Gasteiger partial charge in [-0.25, -0.2) is 0 Å². The third-order valence-corrected chi connectivity index (χ3v) is 1.72. The van der Waals surface area contributed by atoms with Gasteiger partial charge >= 0.3 is 0 Å². The quantitative estimate of drug-likeness (QED) is 0.492. The Morgan fingerprint density at radius 2 is 2.36 bits per heavy atom. The first-order valence-corrected chi connectivity index (χ1v) is 3.45. The van der Waals surface area contributed by atoms with Crippen LogP contribution < -0.4 is 5.73 Å². The molecule has 3 N–H and O–H groups in total. The standard InChI is InChI=1S/C7H8ClN3/c1-4-6(8)2-5(3-11-4)7(9)10/h2-3H,1H3,(H3,9,10). The molecule has 11 heavy (non-hydrogen) atoms. The van der Waals surface area contributed by atoms with Crippen molar-refractivity contribution in [3.8, 4) is 0 Å². The number of nitrogens with two attached hydrogens (primary N) is 1. The van der Waals surface area contributed by atoms with Crippen molar-refractivity contribution in [2.45, 2.75) is 6.92 Å². The van der Waals surface area contributed by atoms with Gasteiger partial charge in [0, 0.05) is 11.8 Å². The van der Waals surface area contributed by atoms with Gasteiger partial charge in [-0.3, -0.25) is 10.4 Å². The summed E-state index contributed by atoms with van der Waals surface area (Å²) in [5.74, 6) is -0.0144.